The molecule has 0 saturated carbocycles. The standard InChI is InChI=1S/C19H14N4O2/c1-12(24)18-19(22-23-21-18)25-14-8-6-13(7-9-14)15-10-11-20-17-5-3-2-4-16(15)17/h2-11H,1H3,(H,21,22,23). The van der Waals surface area contributed by atoms with Crippen molar-refractivity contribution >= 4 is 16.7 Å². The van der Waals surface area contributed by atoms with E-state index in [1.807, 2.05) is 48.5 Å². The van der Waals surface area contributed by atoms with Crippen molar-refractivity contribution in [3.05, 3.63) is 66.5 Å². The van der Waals surface area contributed by atoms with E-state index < -0.39 is 0 Å². The van der Waals surface area contributed by atoms with Gasteiger partial charge in [-0.25, -0.2) is 0 Å². The maximum Gasteiger partial charge on any atom is 0.269 e. The highest BCUT2D eigenvalue weighted by Crippen LogP contribution is 2.30. The fraction of sp³-hybridized carbons (Fsp3) is 0.0526. The van der Waals surface area contributed by atoms with Crippen molar-refractivity contribution in [1.82, 2.24) is 20.4 Å². The van der Waals surface area contributed by atoms with Gasteiger partial charge in [0.25, 0.3) is 5.88 Å². The molecule has 1 N–H and O–H groups in total. The summed E-state index contributed by atoms with van der Waals surface area (Å²) in [5, 5.41) is 11.0. The molecule has 0 aliphatic carbocycles. The summed E-state index contributed by atoms with van der Waals surface area (Å²) in [6, 6.07) is 17.6. The van der Waals surface area contributed by atoms with Crippen LogP contribution in [0.15, 0.2) is 60.8 Å². The number of hydrogen-bond donors (Lipinski definition) is 1. The van der Waals surface area contributed by atoms with E-state index in [9.17, 15) is 4.79 Å². The number of Topliss-reactive ketones (excluding diaryl/α,β-unsaturated/α-hetero) is 1. The largest absolute Gasteiger partial charge is 0.436 e. The van der Waals surface area contributed by atoms with Crippen molar-refractivity contribution in [3.63, 3.8) is 0 Å². The molecular weight excluding hydrogens is 316 g/mol. The first-order valence-corrected chi connectivity index (χ1v) is 7.76. The third-order valence-corrected chi connectivity index (χ3v) is 3.90. The highest BCUT2D eigenvalue weighted by atomic mass is 16.5. The summed E-state index contributed by atoms with van der Waals surface area (Å²) in [7, 11) is 0. The minimum atomic E-state index is -0.181. The summed E-state index contributed by atoms with van der Waals surface area (Å²) in [6.45, 7) is 1.43. The van der Waals surface area contributed by atoms with Crippen LogP contribution < -0.4 is 4.74 Å². The molecule has 0 bridgehead atoms. The highest BCUT2D eigenvalue weighted by Gasteiger charge is 2.14. The Kier molecular flexibility index (Phi) is 3.70. The monoisotopic (exact) mass is 330 g/mol. The van der Waals surface area contributed by atoms with Gasteiger partial charge in [-0.15, -0.1) is 0 Å². The second-order valence-corrected chi connectivity index (χ2v) is 5.55. The summed E-state index contributed by atoms with van der Waals surface area (Å²) in [4.78, 5) is 15.9. The Morgan fingerprint density at radius 3 is 2.64 bits per heavy atom. The number of aromatic amines is 1. The molecule has 0 aliphatic rings. The molecule has 25 heavy (non-hydrogen) atoms. The predicted octanol–water partition coefficient (Wildman–Crippen LogP) is 4.01. The van der Waals surface area contributed by atoms with Gasteiger partial charge in [0.05, 0.1) is 5.52 Å². The first kappa shape index (κ1) is 15.0. The number of rotatable bonds is 4. The fourth-order valence-electron chi connectivity index (χ4n) is 2.68. The number of ether oxygens (including phenoxy) is 1. The molecule has 4 rings (SSSR count). The number of carbonyl (C=O) groups is 1. The number of nitrogens with zero attached hydrogens (tertiary/aromatic N) is 3. The van der Waals surface area contributed by atoms with Crippen LogP contribution in [0.2, 0.25) is 0 Å². The number of pyridine rings is 1. The molecule has 2 heterocycles. The Morgan fingerprint density at radius 1 is 1.04 bits per heavy atom. The number of para-hydroxylation sites is 1. The van der Waals surface area contributed by atoms with Crippen LogP contribution in [0.4, 0.5) is 0 Å². The minimum absolute atomic E-state index is 0.176. The lowest BCUT2D eigenvalue weighted by atomic mass is 10.0. The smallest absolute Gasteiger partial charge is 0.269 e. The van der Waals surface area contributed by atoms with Crippen molar-refractivity contribution in [2.75, 3.05) is 0 Å². The molecule has 4 aromatic rings. The van der Waals surface area contributed by atoms with Gasteiger partial charge >= 0.3 is 0 Å². The Balaban J connectivity index is 1.66. The molecule has 0 radical (unpaired) electrons. The summed E-state index contributed by atoms with van der Waals surface area (Å²) in [5.74, 6) is 0.577. The lowest BCUT2D eigenvalue weighted by Gasteiger charge is -2.08. The number of ketones is 1. The normalized spacial score (nSPS) is 10.8. The zero-order valence-electron chi connectivity index (χ0n) is 13.4. The Labute approximate surface area is 143 Å². The average Bonchev–Trinajstić information content (AvgIpc) is 3.10. The fourth-order valence-corrected chi connectivity index (χ4v) is 2.68. The number of benzene rings is 2. The van der Waals surface area contributed by atoms with Crippen molar-refractivity contribution in [2.24, 2.45) is 0 Å². The number of fused-ring (bicyclic) bond motifs is 1. The topological polar surface area (TPSA) is 80.8 Å². The molecule has 0 unspecified atom stereocenters. The van der Waals surface area contributed by atoms with Gasteiger partial charge in [-0.1, -0.05) is 40.6 Å². The van der Waals surface area contributed by atoms with Crippen LogP contribution in [0.25, 0.3) is 22.0 Å². The number of nitrogens with one attached hydrogen (secondary N) is 1. The summed E-state index contributed by atoms with van der Waals surface area (Å²) in [6.07, 6.45) is 1.80. The Morgan fingerprint density at radius 2 is 1.84 bits per heavy atom. The van der Waals surface area contributed by atoms with Crippen molar-refractivity contribution in [1.29, 1.82) is 0 Å². The van der Waals surface area contributed by atoms with Crippen molar-refractivity contribution < 1.29 is 9.53 Å². The number of carbonyl (C=O) groups excluding carboxylic acids is 1. The molecule has 2 aromatic carbocycles. The van der Waals surface area contributed by atoms with Crippen LogP contribution >= 0.6 is 0 Å². The van der Waals surface area contributed by atoms with Crippen LogP contribution in [-0.4, -0.2) is 26.2 Å². The maximum absolute atomic E-state index is 11.5. The molecule has 0 saturated heterocycles. The van der Waals surface area contributed by atoms with Crippen molar-refractivity contribution in [2.45, 2.75) is 6.92 Å². The van der Waals surface area contributed by atoms with Gasteiger partial charge in [0.2, 0.25) is 0 Å². The van der Waals surface area contributed by atoms with E-state index in [-0.39, 0.29) is 17.4 Å². The second-order valence-electron chi connectivity index (χ2n) is 5.55. The lowest BCUT2D eigenvalue weighted by molar-refractivity contribution is 0.101. The molecule has 0 aliphatic heterocycles. The van der Waals surface area contributed by atoms with E-state index in [0.717, 1.165) is 22.0 Å². The van der Waals surface area contributed by atoms with E-state index in [4.69, 9.17) is 4.74 Å². The third-order valence-electron chi connectivity index (χ3n) is 3.90. The van der Waals surface area contributed by atoms with Crippen LogP contribution in [0, 0.1) is 0 Å². The van der Waals surface area contributed by atoms with Gasteiger partial charge in [0.1, 0.15) is 5.75 Å². The predicted molar refractivity (Wildman–Crippen MR) is 93.6 cm³/mol. The second kappa shape index (κ2) is 6.16. The number of H-pyrrole nitrogens is 1. The molecule has 0 fully saturated rings. The molecule has 2 aromatic heterocycles. The highest BCUT2D eigenvalue weighted by molar-refractivity contribution is 5.95. The molecule has 0 amide bonds. The molecule has 122 valence electrons. The number of hydrogen-bond acceptors (Lipinski definition) is 5. The quantitative estimate of drug-likeness (QED) is 0.572. The number of aromatic nitrogens is 4. The summed E-state index contributed by atoms with van der Waals surface area (Å²) in [5.41, 5.74) is 3.36. The zero-order valence-corrected chi connectivity index (χ0v) is 13.4. The average molecular weight is 330 g/mol. The van der Waals surface area contributed by atoms with E-state index in [1.54, 1.807) is 6.20 Å². The van der Waals surface area contributed by atoms with Gasteiger partial charge in [0, 0.05) is 18.5 Å². The Hall–Kier alpha value is -3.54. The SMILES string of the molecule is CC(=O)c1[nH]nnc1Oc1ccc(-c2ccnc3ccccc23)cc1. The molecule has 6 nitrogen and oxygen atoms in total. The van der Waals surface area contributed by atoms with Gasteiger partial charge in [0.15, 0.2) is 11.5 Å². The van der Waals surface area contributed by atoms with Gasteiger partial charge in [-0.2, -0.15) is 0 Å². The van der Waals surface area contributed by atoms with Gasteiger partial charge in [-0.3, -0.25) is 14.9 Å². The summed E-state index contributed by atoms with van der Waals surface area (Å²) >= 11 is 0. The van der Waals surface area contributed by atoms with Gasteiger partial charge in [-0.05, 0) is 35.4 Å². The molecule has 0 atom stereocenters. The third kappa shape index (κ3) is 2.85. The zero-order chi connectivity index (χ0) is 17.2. The minimum Gasteiger partial charge on any atom is -0.436 e. The van der Waals surface area contributed by atoms with E-state index in [2.05, 4.69) is 26.5 Å². The molecule has 6 heteroatoms. The van der Waals surface area contributed by atoms with Crippen molar-refractivity contribution in [3.8, 4) is 22.8 Å². The van der Waals surface area contributed by atoms with Crippen LogP contribution in [0.3, 0.4) is 0 Å². The van der Waals surface area contributed by atoms with Crippen LogP contribution in [0.1, 0.15) is 17.4 Å². The lowest BCUT2D eigenvalue weighted by Crippen LogP contribution is -1.96. The maximum atomic E-state index is 11.5. The van der Waals surface area contributed by atoms with Gasteiger partial charge < -0.3 is 4.74 Å². The first-order chi connectivity index (χ1) is 12.2. The van der Waals surface area contributed by atoms with E-state index in [0.29, 0.717) is 5.75 Å². The first-order valence-electron chi connectivity index (χ1n) is 7.76. The Bertz CT molecular complexity index is 1050. The summed E-state index contributed by atoms with van der Waals surface area (Å²) < 4.78 is 5.65. The molecular formula is C19H14N4O2. The van der Waals surface area contributed by atoms with E-state index in [1.165, 1.54) is 6.92 Å². The van der Waals surface area contributed by atoms with Crippen LogP contribution in [-0.2, 0) is 0 Å². The van der Waals surface area contributed by atoms with Crippen LogP contribution in [0.5, 0.6) is 11.6 Å². The van der Waals surface area contributed by atoms with E-state index >= 15 is 0 Å². The molecule has 0 spiro atoms.